The molecular weight excluding hydrogens is 472 g/mol. The maximum absolute atomic E-state index is 12.7. The van der Waals surface area contributed by atoms with Crippen LogP contribution in [-0.4, -0.2) is 60.6 Å². The van der Waals surface area contributed by atoms with Crippen molar-refractivity contribution in [1.29, 1.82) is 0 Å². The van der Waals surface area contributed by atoms with Gasteiger partial charge in [0.2, 0.25) is 0 Å². The van der Waals surface area contributed by atoms with E-state index in [2.05, 4.69) is 5.32 Å². The average Bonchev–Trinajstić information content (AvgIpc) is 3.47. The van der Waals surface area contributed by atoms with Gasteiger partial charge in [-0.25, -0.2) is 0 Å². The van der Waals surface area contributed by atoms with Crippen LogP contribution >= 0.6 is 23.5 Å². The summed E-state index contributed by atoms with van der Waals surface area (Å²) in [7, 11) is 0. The molecule has 0 unspecified atom stereocenters. The zero-order valence-corrected chi connectivity index (χ0v) is 20.5. The molecule has 0 bridgehead atoms. The molecule has 0 spiro atoms. The molecule has 2 saturated heterocycles. The molecule has 7 nitrogen and oxygen atoms in total. The number of imide groups is 1. The van der Waals surface area contributed by atoms with E-state index in [9.17, 15) is 14.4 Å². The van der Waals surface area contributed by atoms with Crippen molar-refractivity contribution in [3.63, 3.8) is 0 Å². The number of amides is 3. The van der Waals surface area contributed by atoms with Crippen LogP contribution in [0.4, 0.5) is 4.79 Å². The number of thioether (sulfide) groups is 2. The number of ether oxygens (including phenoxy) is 2. The van der Waals surface area contributed by atoms with Gasteiger partial charge < -0.3 is 14.8 Å². The molecule has 2 aliphatic rings. The number of benzene rings is 2. The van der Waals surface area contributed by atoms with Crippen LogP contribution < -0.4 is 10.1 Å². The molecule has 0 radical (unpaired) electrons. The van der Waals surface area contributed by atoms with Gasteiger partial charge in [-0.1, -0.05) is 12.1 Å². The van der Waals surface area contributed by atoms with Gasteiger partial charge in [0.05, 0.1) is 11.0 Å². The molecule has 1 N–H and O–H groups in total. The summed E-state index contributed by atoms with van der Waals surface area (Å²) < 4.78 is 11.3. The number of hydrogen-bond acceptors (Lipinski definition) is 7. The Labute approximate surface area is 207 Å². The second-order valence-corrected chi connectivity index (χ2v) is 9.71. The van der Waals surface area contributed by atoms with Crippen molar-refractivity contribution in [2.24, 2.45) is 0 Å². The summed E-state index contributed by atoms with van der Waals surface area (Å²) in [6, 6.07) is 14.6. The van der Waals surface area contributed by atoms with Crippen molar-refractivity contribution in [3.8, 4) is 5.75 Å². The summed E-state index contributed by atoms with van der Waals surface area (Å²) in [6.45, 7) is 1.57. The van der Waals surface area contributed by atoms with E-state index >= 15 is 0 Å². The van der Waals surface area contributed by atoms with Crippen molar-refractivity contribution < 1.29 is 23.9 Å². The molecule has 34 heavy (non-hydrogen) atoms. The van der Waals surface area contributed by atoms with Crippen LogP contribution in [0.5, 0.6) is 5.75 Å². The maximum Gasteiger partial charge on any atom is 0.293 e. The largest absolute Gasteiger partial charge is 0.491 e. The predicted molar refractivity (Wildman–Crippen MR) is 134 cm³/mol. The maximum atomic E-state index is 12.7. The highest BCUT2D eigenvalue weighted by atomic mass is 32.2. The lowest BCUT2D eigenvalue weighted by Crippen LogP contribution is -2.37. The average molecular weight is 499 g/mol. The van der Waals surface area contributed by atoms with Gasteiger partial charge in [-0.15, -0.1) is 11.8 Å². The topological polar surface area (TPSA) is 84.9 Å². The second kappa shape index (κ2) is 11.6. The van der Waals surface area contributed by atoms with Crippen LogP contribution in [0.25, 0.3) is 6.08 Å². The van der Waals surface area contributed by atoms with E-state index in [1.165, 1.54) is 0 Å². The number of nitrogens with zero attached hydrogens (tertiary/aromatic N) is 1. The second-order valence-electron chi connectivity index (χ2n) is 7.83. The molecule has 0 aliphatic carbocycles. The van der Waals surface area contributed by atoms with Gasteiger partial charge in [0.25, 0.3) is 17.1 Å². The molecule has 0 aromatic heterocycles. The summed E-state index contributed by atoms with van der Waals surface area (Å²) in [5.41, 5.74) is 1.34. The Hall–Kier alpha value is -2.75. The molecule has 2 aromatic carbocycles. The number of hydrogen-bond donors (Lipinski definition) is 1. The van der Waals surface area contributed by atoms with E-state index in [1.807, 2.05) is 30.5 Å². The predicted octanol–water partition coefficient (Wildman–Crippen LogP) is 4.43. The Kier molecular flexibility index (Phi) is 8.31. The van der Waals surface area contributed by atoms with Crippen molar-refractivity contribution in [2.75, 3.05) is 32.6 Å². The first-order chi connectivity index (χ1) is 16.5. The van der Waals surface area contributed by atoms with Crippen LogP contribution in [0.15, 0.2) is 58.3 Å². The summed E-state index contributed by atoms with van der Waals surface area (Å²) in [5.74, 6) is 0.0627. The number of carbonyl (C=O) groups is 3. The summed E-state index contributed by atoms with van der Waals surface area (Å²) in [4.78, 5) is 40.1. The monoisotopic (exact) mass is 498 g/mol. The molecule has 2 aliphatic heterocycles. The highest BCUT2D eigenvalue weighted by Gasteiger charge is 2.34. The first-order valence-electron chi connectivity index (χ1n) is 11.1. The van der Waals surface area contributed by atoms with E-state index in [1.54, 1.807) is 42.1 Å². The summed E-state index contributed by atoms with van der Waals surface area (Å²) >= 11 is 2.55. The number of carbonyl (C=O) groups excluding carboxylic acids is 3. The van der Waals surface area contributed by atoms with Crippen LogP contribution in [0.1, 0.15) is 28.8 Å². The van der Waals surface area contributed by atoms with Crippen LogP contribution in [-0.2, 0) is 9.53 Å². The van der Waals surface area contributed by atoms with Gasteiger partial charge in [0.1, 0.15) is 12.4 Å². The Morgan fingerprint density at radius 1 is 1.21 bits per heavy atom. The fourth-order valence-corrected chi connectivity index (χ4v) is 4.87. The third-order valence-electron chi connectivity index (χ3n) is 5.48. The molecule has 9 heteroatoms. The highest BCUT2D eigenvalue weighted by Crippen LogP contribution is 2.32. The van der Waals surface area contributed by atoms with Gasteiger partial charge in [0, 0.05) is 30.2 Å². The first kappa shape index (κ1) is 24.4. The minimum Gasteiger partial charge on any atom is -0.491 e. The van der Waals surface area contributed by atoms with Gasteiger partial charge in [0.15, 0.2) is 0 Å². The molecule has 2 fully saturated rings. The number of nitrogens with one attached hydrogen (secondary N) is 1. The minimum atomic E-state index is -0.342. The SMILES string of the molecule is CSc1ccc(/C=C2\SC(=O)N(CCNC(=O)c3ccc(OC[C@@H]4CCCO4)cc3)C2=O)cc1. The fourth-order valence-electron chi connectivity index (χ4n) is 3.60. The van der Waals surface area contributed by atoms with Crippen molar-refractivity contribution >= 4 is 46.7 Å². The lowest BCUT2D eigenvalue weighted by molar-refractivity contribution is -0.122. The van der Waals surface area contributed by atoms with Gasteiger partial charge >= 0.3 is 0 Å². The van der Waals surface area contributed by atoms with Crippen molar-refractivity contribution in [3.05, 3.63) is 64.6 Å². The quantitative estimate of drug-likeness (QED) is 0.404. The Morgan fingerprint density at radius 3 is 2.65 bits per heavy atom. The standard InChI is InChI=1S/C25H26N2O5S2/c1-33-21-10-4-17(5-11-21)15-22-24(29)27(25(30)34-22)13-12-26-23(28)18-6-8-19(9-7-18)32-16-20-3-2-14-31-20/h4-11,15,20H,2-3,12-14,16H2,1H3,(H,26,28)/b22-15-/t20-/m0/s1. The van der Waals surface area contributed by atoms with Crippen LogP contribution in [0.2, 0.25) is 0 Å². The van der Waals surface area contributed by atoms with E-state index in [0.29, 0.717) is 22.8 Å². The van der Waals surface area contributed by atoms with E-state index in [0.717, 1.165) is 46.6 Å². The fraction of sp³-hybridized carbons (Fsp3) is 0.320. The molecule has 1 atom stereocenters. The molecule has 0 saturated carbocycles. The molecule has 2 heterocycles. The molecule has 2 aromatic rings. The first-order valence-corrected chi connectivity index (χ1v) is 13.1. The number of rotatable bonds is 9. The smallest absolute Gasteiger partial charge is 0.293 e. The highest BCUT2D eigenvalue weighted by molar-refractivity contribution is 8.18. The molecule has 178 valence electrons. The third kappa shape index (κ3) is 6.22. The Morgan fingerprint density at radius 2 is 1.97 bits per heavy atom. The molecule has 4 rings (SSSR count). The van der Waals surface area contributed by atoms with E-state index < -0.39 is 0 Å². The van der Waals surface area contributed by atoms with Gasteiger partial charge in [-0.2, -0.15) is 0 Å². The van der Waals surface area contributed by atoms with Crippen molar-refractivity contribution in [1.82, 2.24) is 10.2 Å². The van der Waals surface area contributed by atoms with Crippen LogP contribution in [0, 0.1) is 0 Å². The lowest BCUT2D eigenvalue weighted by Gasteiger charge is -2.13. The van der Waals surface area contributed by atoms with E-state index in [-0.39, 0.29) is 36.2 Å². The van der Waals surface area contributed by atoms with Crippen molar-refractivity contribution in [2.45, 2.75) is 23.8 Å². The zero-order chi connectivity index (χ0) is 23.9. The van der Waals surface area contributed by atoms with E-state index in [4.69, 9.17) is 9.47 Å². The molecule has 3 amide bonds. The Balaban J connectivity index is 1.25. The normalized spacial score (nSPS) is 19.1. The Bertz CT molecular complexity index is 1060. The lowest BCUT2D eigenvalue weighted by atomic mass is 10.2. The van der Waals surface area contributed by atoms with Crippen LogP contribution in [0.3, 0.4) is 0 Å². The summed E-state index contributed by atoms with van der Waals surface area (Å²) in [6.07, 6.45) is 5.91. The van der Waals surface area contributed by atoms with Gasteiger partial charge in [-0.3, -0.25) is 19.3 Å². The molecular formula is C25H26N2O5S2. The third-order valence-corrected chi connectivity index (χ3v) is 7.14. The van der Waals surface area contributed by atoms with Gasteiger partial charge in [-0.05, 0) is 78.9 Å². The zero-order valence-electron chi connectivity index (χ0n) is 18.8. The summed E-state index contributed by atoms with van der Waals surface area (Å²) in [5, 5.41) is 2.43. The minimum absolute atomic E-state index is 0.113.